The summed E-state index contributed by atoms with van der Waals surface area (Å²) in [6, 6.07) is 50.0. The van der Waals surface area contributed by atoms with Gasteiger partial charge in [-0.2, -0.15) is 7.11 Å². The molecule has 2 heterocycles. The molecule has 0 radical (unpaired) electrons. The third-order valence-corrected chi connectivity index (χ3v) is 11.7. The van der Waals surface area contributed by atoms with Crippen molar-refractivity contribution in [1.82, 2.24) is 14.5 Å². The number of hydrogen-bond acceptors (Lipinski definition) is 3. The van der Waals surface area contributed by atoms with Crippen LogP contribution in [0, 0.1) is 33.9 Å². The van der Waals surface area contributed by atoms with Crippen LogP contribution >= 0.6 is 0 Å². The fourth-order valence-corrected chi connectivity index (χ4v) is 8.49. The number of pyridine rings is 1. The minimum atomic E-state index is -3.39. The average molecular weight is 1040 g/mol. The van der Waals surface area contributed by atoms with Gasteiger partial charge in [-0.05, 0) is 112 Å². The van der Waals surface area contributed by atoms with Crippen molar-refractivity contribution in [3.8, 4) is 78.6 Å². The standard InChI is InChI=1S/C60H55N3O.Pt/c1-38-30-40(3)57(64-10)52(31-38)58-62-56-49(22-17-23-54(56)63(58)55-37-50(42-18-13-11-14-19-42)39(2)32-51(55)43-20-15-12-16-21-43)45-33-46(35-48(34-45)60(7,8)9)53-36-44(28-29-61-53)41-24-26-47(27-25-41)59(4,5)6;/h11-32,34-37H,10H2,1-9H3;/q-2;+2/i2D3,4D3,5D3,6D3;. The van der Waals surface area contributed by atoms with E-state index in [-0.39, 0.29) is 37.6 Å². The molecule has 0 spiro atoms. The summed E-state index contributed by atoms with van der Waals surface area (Å²) in [5.74, 6) is 1.06. The van der Waals surface area contributed by atoms with E-state index in [4.69, 9.17) is 31.2 Å². The molecule has 0 atom stereocenters. The van der Waals surface area contributed by atoms with Crippen molar-refractivity contribution in [2.24, 2.45) is 0 Å². The number of fused-ring (bicyclic) bond motifs is 1. The number of aromatic nitrogens is 3. The van der Waals surface area contributed by atoms with Gasteiger partial charge in [0.05, 0.1) is 28.0 Å². The van der Waals surface area contributed by atoms with Gasteiger partial charge in [-0.1, -0.05) is 162 Å². The number of imidazole rings is 1. The number of hydrogen-bond donors (Lipinski definition) is 0. The maximum absolute atomic E-state index is 8.81. The molecule has 7 aromatic carbocycles. The molecular formula is C60H55N3OPt. The molecule has 9 aromatic rings. The Labute approximate surface area is 416 Å². The fourth-order valence-electron chi connectivity index (χ4n) is 8.49. The number of rotatable bonds is 8. The van der Waals surface area contributed by atoms with Crippen LogP contribution in [-0.2, 0) is 31.9 Å². The van der Waals surface area contributed by atoms with Gasteiger partial charge in [0.2, 0.25) is 0 Å². The topological polar surface area (TPSA) is 39.9 Å². The Morgan fingerprint density at radius 3 is 1.95 bits per heavy atom. The molecule has 5 heteroatoms. The van der Waals surface area contributed by atoms with Crippen molar-refractivity contribution in [3.05, 3.63) is 199 Å². The van der Waals surface area contributed by atoms with Gasteiger partial charge >= 0.3 is 21.1 Å². The Balaban J connectivity index is 0.00000784. The van der Waals surface area contributed by atoms with Crippen LogP contribution in [-0.4, -0.2) is 14.5 Å². The molecule has 0 aliphatic carbocycles. The molecular weight excluding hydrogens is 974 g/mol. The van der Waals surface area contributed by atoms with Crippen LogP contribution in [0.5, 0.6) is 5.75 Å². The molecule has 0 saturated carbocycles. The van der Waals surface area contributed by atoms with Gasteiger partial charge in [0.25, 0.3) is 0 Å². The van der Waals surface area contributed by atoms with Crippen LogP contribution in [0.2, 0.25) is 0 Å². The van der Waals surface area contributed by atoms with Crippen molar-refractivity contribution >= 4 is 11.0 Å². The molecule has 0 aliphatic heterocycles. The minimum Gasteiger partial charge on any atom is -0.665 e. The van der Waals surface area contributed by atoms with E-state index in [1.54, 1.807) is 18.3 Å². The summed E-state index contributed by atoms with van der Waals surface area (Å²) in [5, 5.41) is 0. The van der Waals surface area contributed by atoms with Gasteiger partial charge in [-0.3, -0.25) is 9.55 Å². The molecule has 0 amide bonds. The van der Waals surface area contributed by atoms with Crippen molar-refractivity contribution < 1.29 is 42.3 Å². The van der Waals surface area contributed by atoms with E-state index in [0.29, 0.717) is 61.9 Å². The van der Waals surface area contributed by atoms with Gasteiger partial charge in [0.15, 0.2) is 0 Å². The molecule has 0 bridgehead atoms. The summed E-state index contributed by atoms with van der Waals surface area (Å²) in [4.78, 5) is 10.4. The van der Waals surface area contributed by atoms with Crippen LogP contribution in [0.4, 0.5) is 0 Å². The second-order valence-corrected chi connectivity index (χ2v) is 17.4. The van der Waals surface area contributed by atoms with Gasteiger partial charge in [-0.25, -0.2) is 4.98 Å². The zero-order valence-electron chi connectivity index (χ0n) is 48.8. The van der Waals surface area contributed by atoms with Gasteiger partial charge in [-0.15, -0.1) is 29.3 Å². The first-order chi connectivity index (χ1) is 35.6. The van der Waals surface area contributed by atoms with E-state index in [9.17, 15) is 0 Å². The van der Waals surface area contributed by atoms with E-state index in [2.05, 4.69) is 44.6 Å². The zero-order chi connectivity index (χ0) is 54.9. The molecule has 9 rings (SSSR count). The third-order valence-electron chi connectivity index (χ3n) is 11.7. The average Bonchev–Trinajstić information content (AvgIpc) is 3.86. The molecule has 0 fully saturated rings. The molecule has 0 N–H and O–H groups in total. The largest absolute Gasteiger partial charge is 2.00 e. The maximum atomic E-state index is 8.81. The van der Waals surface area contributed by atoms with E-state index in [1.165, 1.54) is 24.3 Å². The van der Waals surface area contributed by atoms with Crippen molar-refractivity contribution in [1.29, 1.82) is 0 Å². The monoisotopic (exact) mass is 1040 g/mol. The normalized spacial score (nSPS) is 15.2. The Morgan fingerprint density at radius 1 is 0.600 bits per heavy atom. The van der Waals surface area contributed by atoms with E-state index in [0.717, 1.165) is 44.5 Å². The Bertz CT molecular complexity index is 3600. The number of para-hydroxylation sites is 1. The number of ether oxygens (including phenoxy) is 1. The van der Waals surface area contributed by atoms with Crippen LogP contribution in [0.15, 0.2) is 158 Å². The van der Waals surface area contributed by atoms with E-state index >= 15 is 0 Å². The molecule has 0 unspecified atom stereocenters. The van der Waals surface area contributed by atoms with Crippen molar-refractivity contribution in [2.45, 2.75) is 72.9 Å². The second-order valence-electron chi connectivity index (χ2n) is 17.4. The number of nitrogens with zero attached hydrogens (tertiary/aromatic N) is 3. The molecule has 326 valence electrons. The van der Waals surface area contributed by atoms with Crippen LogP contribution < -0.4 is 4.74 Å². The Hall–Kier alpha value is -6.35. The minimum absolute atomic E-state index is 0. The van der Waals surface area contributed by atoms with Gasteiger partial charge in [0, 0.05) is 33.9 Å². The summed E-state index contributed by atoms with van der Waals surface area (Å²) >= 11 is 0. The predicted molar refractivity (Wildman–Crippen MR) is 268 cm³/mol. The van der Waals surface area contributed by atoms with E-state index < -0.39 is 32.8 Å². The van der Waals surface area contributed by atoms with Gasteiger partial charge in [0.1, 0.15) is 5.82 Å². The number of benzene rings is 7. The van der Waals surface area contributed by atoms with Crippen molar-refractivity contribution in [3.63, 3.8) is 0 Å². The smallest absolute Gasteiger partial charge is 0.665 e. The summed E-state index contributed by atoms with van der Waals surface area (Å²) in [6.45, 7) is -2.32. The third kappa shape index (κ3) is 8.90. The predicted octanol–water partition coefficient (Wildman–Crippen LogP) is 15.9. The second kappa shape index (κ2) is 17.9. The van der Waals surface area contributed by atoms with Gasteiger partial charge < -0.3 is 4.74 Å². The zero-order valence-corrected chi connectivity index (χ0v) is 39.1. The quantitative estimate of drug-likeness (QED) is 0.142. The molecule has 0 aliphatic rings. The number of aryl methyl sites for hydroxylation is 3. The molecule has 2 aromatic heterocycles. The summed E-state index contributed by atoms with van der Waals surface area (Å²) in [5.41, 5.74) is 8.55. The summed E-state index contributed by atoms with van der Waals surface area (Å²) in [7, 11) is 3.88. The first-order valence-corrected chi connectivity index (χ1v) is 21.1. The molecule has 0 saturated heterocycles. The summed E-state index contributed by atoms with van der Waals surface area (Å²) in [6.07, 6.45) is 1.64. The summed E-state index contributed by atoms with van der Waals surface area (Å²) < 4.78 is 108. The van der Waals surface area contributed by atoms with Crippen LogP contribution in [0.3, 0.4) is 0 Å². The Morgan fingerprint density at radius 2 is 1.29 bits per heavy atom. The van der Waals surface area contributed by atoms with E-state index in [1.807, 2.05) is 123 Å². The first kappa shape index (κ1) is 32.3. The molecule has 4 nitrogen and oxygen atoms in total. The van der Waals surface area contributed by atoms with Crippen LogP contribution in [0.25, 0.3) is 83.9 Å². The SMILES string of the molecule is [2H]C([2H])([2H])c1cc(-c2ccccc2)c(-n2c(-c3cc(C)cc(C)c3O[CH2-])nc3c(-c4[c-]c(-c5cc(-c6ccc(C(C([2H])([2H])[2H])(C([2H])([2H])[2H])C([2H])([2H])[2H])cc6)ccn5)cc(C(C)(C)C)c4)cccc32)cc1-c1ccccc1.[Pt+2]. The van der Waals surface area contributed by atoms with Crippen LogP contribution in [0.1, 0.15) is 85.6 Å². The fraction of sp³-hybridized carbons (Fsp3) is 0.183. The Kier molecular flexibility index (Phi) is 8.90. The first-order valence-electron chi connectivity index (χ1n) is 27.1. The van der Waals surface area contributed by atoms with Crippen molar-refractivity contribution in [2.75, 3.05) is 0 Å². The maximum Gasteiger partial charge on any atom is 2.00 e. The molecule has 65 heavy (non-hydrogen) atoms.